The molecule has 4 nitrogen and oxygen atoms in total. The molecule has 0 radical (unpaired) electrons. The van der Waals surface area contributed by atoms with Crippen LogP contribution in [0.25, 0.3) is 0 Å². The second-order valence-electron chi connectivity index (χ2n) is 6.65. The first-order valence-corrected chi connectivity index (χ1v) is 10.1. The van der Waals surface area contributed by atoms with E-state index in [1.54, 1.807) is 23.9 Å². The molecule has 1 atom stereocenters. The molecule has 2 aromatic rings. The maximum atomic E-state index is 13.2. The number of hydrogen-bond acceptors (Lipinski definition) is 4. The summed E-state index contributed by atoms with van der Waals surface area (Å²) in [7, 11) is 0. The minimum Gasteiger partial charge on any atom is -0.385 e. The van der Waals surface area contributed by atoms with Crippen LogP contribution in [0.2, 0.25) is 0 Å². The molecule has 1 aromatic carbocycles. The predicted octanol–water partition coefficient (Wildman–Crippen LogP) is 3.64. The fraction of sp³-hybridized carbons (Fsp3) is 0.526. The molecule has 1 aliphatic rings. The van der Waals surface area contributed by atoms with Gasteiger partial charge < -0.3 is 9.67 Å². The van der Waals surface area contributed by atoms with Gasteiger partial charge in [0.2, 0.25) is 0 Å². The van der Waals surface area contributed by atoms with E-state index in [0.29, 0.717) is 12.8 Å². The average Bonchev–Trinajstić information content (AvgIpc) is 2.91. The lowest BCUT2D eigenvalue weighted by Gasteiger charge is -2.27. The van der Waals surface area contributed by atoms with Gasteiger partial charge in [-0.3, -0.25) is 4.90 Å². The molecule has 1 saturated heterocycles. The summed E-state index contributed by atoms with van der Waals surface area (Å²) in [6.07, 6.45) is 6.30. The summed E-state index contributed by atoms with van der Waals surface area (Å²) in [6, 6.07) is 6.28. The monoisotopic (exact) mass is 363 g/mol. The molecule has 0 unspecified atom stereocenters. The van der Waals surface area contributed by atoms with Gasteiger partial charge in [-0.2, -0.15) is 0 Å². The van der Waals surface area contributed by atoms with Gasteiger partial charge in [-0.1, -0.05) is 23.9 Å². The minimum absolute atomic E-state index is 0.264. The molecule has 0 spiro atoms. The Morgan fingerprint density at radius 2 is 2.00 bits per heavy atom. The van der Waals surface area contributed by atoms with Gasteiger partial charge >= 0.3 is 0 Å². The number of rotatable bonds is 5. The number of halogens is 1. The van der Waals surface area contributed by atoms with Gasteiger partial charge in [-0.05, 0) is 56.7 Å². The first-order chi connectivity index (χ1) is 12.1. The van der Waals surface area contributed by atoms with Gasteiger partial charge in [0.05, 0.1) is 17.5 Å². The van der Waals surface area contributed by atoms with E-state index in [0.717, 1.165) is 43.3 Å². The van der Waals surface area contributed by atoms with E-state index in [1.165, 1.54) is 17.8 Å². The fourth-order valence-corrected chi connectivity index (χ4v) is 4.26. The summed E-state index contributed by atoms with van der Waals surface area (Å²) in [4.78, 5) is 6.88. The quantitative estimate of drug-likeness (QED) is 0.824. The number of benzene rings is 1. The maximum Gasteiger partial charge on any atom is 0.167 e. The van der Waals surface area contributed by atoms with Crippen molar-refractivity contribution < 1.29 is 9.50 Å². The molecule has 0 saturated carbocycles. The highest BCUT2D eigenvalue weighted by Gasteiger charge is 2.32. The van der Waals surface area contributed by atoms with Crippen molar-refractivity contribution in [1.29, 1.82) is 0 Å². The van der Waals surface area contributed by atoms with Crippen LogP contribution in [0.1, 0.15) is 37.4 Å². The summed E-state index contributed by atoms with van der Waals surface area (Å²) < 4.78 is 15.4. The van der Waals surface area contributed by atoms with Gasteiger partial charge in [0, 0.05) is 19.6 Å². The third-order valence-electron chi connectivity index (χ3n) is 5.07. The van der Waals surface area contributed by atoms with E-state index in [-0.39, 0.29) is 5.82 Å². The zero-order valence-corrected chi connectivity index (χ0v) is 15.7. The van der Waals surface area contributed by atoms with Crippen LogP contribution in [-0.4, -0.2) is 38.9 Å². The zero-order valence-electron chi connectivity index (χ0n) is 14.9. The van der Waals surface area contributed by atoms with Crippen LogP contribution in [0, 0.1) is 5.82 Å². The third kappa shape index (κ3) is 4.07. The number of aliphatic hydroxyl groups is 1. The molecule has 1 N–H and O–H groups in total. The van der Waals surface area contributed by atoms with Crippen molar-refractivity contribution in [3.8, 4) is 0 Å². The van der Waals surface area contributed by atoms with E-state index < -0.39 is 5.60 Å². The molecular formula is C19H26FN3OS. The number of hydrogen-bond donors (Lipinski definition) is 1. The van der Waals surface area contributed by atoms with E-state index in [2.05, 4.69) is 21.4 Å². The topological polar surface area (TPSA) is 41.3 Å². The number of likely N-dealkylation sites (tertiary alicyclic amines) is 1. The Morgan fingerprint density at radius 1 is 1.24 bits per heavy atom. The number of aromatic nitrogens is 2. The molecule has 1 aliphatic heterocycles. The van der Waals surface area contributed by atoms with Crippen molar-refractivity contribution in [2.24, 2.45) is 0 Å². The molecule has 2 heterocycles. The van der Waals surface area contributed by atoms with Crippen LogP contribution in [-0.2, 0) is 18.7 Å². The highest BCUT2D eigenvalue weighted by atomic mass is 32.2. The average molecular weight is 364 g/mol. The van der Waals surface area contributed by atoms with Crippen LogP contribution in [0.3, 0.4) is 0 Å². The van der Waals surface area contributed by atoms with Gasteiger partial charge in [0.25, 0.3) is 0 Å². The van der Waals surface area contributed by atoms with Crippen LogP contribution < -0.4 is 0 Å². The lowest BCUT2D eigenvalue weighted by atomic mass is 9.87. The number of imidazole rings is 1. The standard InChI is InChI=1S/C19H26FN3OS/c1-3-23-17(13-21-18(23)25-2)14-22-11-4-9-19(24,10-12-22)15-5-7-16(20)8-6-15/h5-8,13,24H,3-4,9-12,14H2,1-2H3/t19-/m1/s1. The summed E-state index contributed by atoms with van der Waals surface area (Å²) >= 11 is 1.67. The molecule has 0 bridgehead atoms. The lowest BCUT2D eigenvalue weighted by molar-refractivity contribution is 0.0209. The van der Waals surface area contributed by atoms with Crippen molar-refractivity contribution in [1.82, 2.24) is 14.5 Å². The normalized spacial score (nSPS) is 22.1. The van der Waals surface area contributed by atoms with E-state index in [9.17, 15) is 9.50 Å². The van der Waals surface area contributed by atoms with Crippen molar-refractivity contribution in [2.45, 2.75) is 50.0 Å². The smallest absolute Gasteiger partial charge is 0.167 e. The number of thioether (sulfide) groups is 1. The van der Waals surface area contributed by atoms with Crippen LogP contribution in [0.4, 0.5) is 4.39 Å². The van der Waals surface area contributed by atoms with Crippen molar-refractivity contribution >= 4 is 11.8 Å². The largest absolute Gasteiger partial charge is 0.385 e. The third-order valence-corrected chi connectivity index (χ3v) is 5.76. The Morgan fingerprint density at radius 3 is 2.68 bits per heavy atom. The molecule has 3 rings (SSSR count). The Bertz CT molecular complexity index is 703. The van der Waals surface area contributed by atoms with Gasteiger partial charge in [-0.25, -0.2) is 9.37 Å². The molecule has 136 valence electrons. The minimum atomic E-state index is -0.863. The van der Waals surface area contributed by atoms with Gasteiger partial charge in [0.15, 0.2) is 5.16 Å². The van der Waals surface area contributed by atoms with Crippen molar-refractivity contribution in [2.75, 3.05) is 19.3 Å². The van der Waals surface area contributed by atoms with E-state index in [4.69, 9.17) is 0 Å². The van der Waals surface area contributed by atoms with Crippen molar-refractivity contribution in [3.63, 3.8) is 0 Å². The molecule has 25 heavy (non-hydrogen) atoms. The van der Waals surface area contributed by atoms with E-state index >= 15 is 0 Å². The van der Waals surface area contributed by atoms with Gasteiger partial charge in [-0.15, -0.1) is 0 Å². The molecule has 0 aliphatic carbocycles. The Hall–Kier alpha value is -1.37. The molecule has 6 heteroatoms. The second-order valence-corrected chi connectivity index (χ2v) is 7.42. The fourth-order valence-electron chi connectivity index (χ4n) is 3.63. The van der Waals surface area contributed by atoms with Crippen LogP contribution in [0.15, 0.2) is 35.6 Å². The lowest BCUT2D eigenvalue weighted by Crippen LogP contribution is -2.29. The highest BCUT2D eigenvalue weighted by Crippen LogP contribution is 2.33. The van der Waals surface area contributed by atoms with Crippen LogP contribution >= 0.6 is 11.8 Å². The summed E-state index contributed by atoms with van der Waals surface area (Å²) in [5.74, 6) is -0.264. The Labute approximate surface area is 153 Å². The first kappa shape index (κ1) is 18.4. The predicted molar refractivity (Wildman–Crippen MR) is 99.1 cm³/mol. The molecular weight excluding hydrogens is 337 g/mol. The SMILES string of the molecule is CCn1c(CN2CCC[C@](O)(c3ccc(F)cc3)CC2)cnc1SC. The Kier molecular flexibility index (Phi) is 5.81. The summed E-state index contributed by atoms with van der Waals surface area (Å²) in [6.45, 7) is 5.67. The summed E-state index contributed by atoms with van der Waals surface area (Å²) in [5.41, 5.74) is 1.18. The highest BCUT2D eigenvalue weighted by molar-refractivity contribution is 7.98. The van der Waals surface area contributed by atoms with Gasteiger partial charge in [0.1, 0.15) is 5.82 Å². The molecule has 1 aromatic heterocycles. The Balaban J connectivity index is 1.69. The maximum absolute atomic E-state index is 13.2. The van der Waals surface area contributed by atoms with Crippen LogP contribution in [0.5, 0.6) is 0 Å². The summed E-state index contributed by atoms with van der Waals surface area (Å²) in [5, 5.41) is 12.1. The molecule has 0 amide bonds. The second kappa shape index (κ2) is 7.89. The van der Waals surface area contributed by atoms with E-state index in [1.807, 2.05) is 12.5 Å². The van der Waals surface area contributed by atoms with Crippen molar-refractivity contribution in [3.05, 3.63) is 47.5 Å². The number of nitrogens with zero attached hydrogens (tertiary/aromatic N) is 3. The molecule has 1 fully saturated rings. The zero-order chi connectivity index (χ0) is 17.9. The first-order valence-electron chi connectivity index (χ1n) is 8.85.